The van der Waals surface area contributed by atoms with Gasteiger partial charge in [0.15, 0.2) is 0 Å². The predicted molar refractivity (Wildman–Crippen MR) is 79.2 cm³/mol. The van der Waals surface area contributed by atoms with E-state index in [1.807, 2.05) is 7.05 Å². The second-order valence-corrected chi connectivity index (χ2v) is 5.67. The SMILES string of the molecule is CN1CCC(NC(=O)Nc2c(Br)cccc2C(=O)O)C1. The number of anilines is 1. The summed E-state index contributed by atoms with van der Waals surface area (Å²) in [6, 6.07) is 4.45. The molecule has 0 bridgehead atoms. The number of amides is 2. The van der Waals surface area contributed by atoms with Gasteiger partial charge < -0.3 is 20.6 Å². The molecule has 1 aliphatic rings. The van der Waals surface area contributed by atoms with Crippen LogP contribution in [-0.4, -0.2) is 48.2 Å². The number of carboxylic acid groups (broad SMARTS) is 1. The zero-order valence-corrected chi connectivity index (χ0v) is 12.6. The van der Waals surface area contributed by atoms with Gasteiger partial charge in [-0.25, -0.2) is 9.59 Å². The molecule has 1 heterocycles. The molecule has 0 spiro atoms. The van der Waals surface area contributed by atoms with Crippen LogP contribution in [0.15, 0.2) is 22.7 Å². The predicted octanol–water partition coefficient (Wildman–Crippen LogP) is 1.97. The van der Waals surface area contributed by atoms with E-state index >= 15 is 0 Å². The van der Waals surface area contributed by atoms with Crippen LogP contribution in [-0.2, 0) is 0 Å². The highest BCUT2D eigenvalue weighted by molar-refractivity contribution is 9.10. The zero-order chi connectivity index (χ0) is 14.7. The molecule has 1 saturated heterocycles. The molecule has 2 amide bonds. The second kappa shape index (κ2) is 6.23. The normalized spacial score (nSPS) is 18.8. The number of carbonyl (C=O) groups excluding carboxylic acids is 1. The number of halogens is 1. The molecule has 1 atom stereocenters. The average Bonchev–Trinajstić information content (AvgIpc) is 2.77. The summed E-state index contributed by atoms with van der Waals surface area (Å²) in [5.74, 6) is -1.08. The van der Waals surface area contributed by atoms with Gasteiger partial charge in [0.2, 0.25) is 0 Å². The topological polar surface area (TPSA) is 81.7 Å². The lowest BCUT2D eigenvalue weighted by molar-refractivity contribution is 0.0698. The summed E-state index contributed by atoms with van der Waals surface area (Å²) in [7, 11) is 2.00. The van der Waals surface area contributed by atoms with Crippen molar-refractivity contribution >= 4 is 33.6 Å². The number of aromatic carboxylic acids is 1. The molecule has 1 aliphatic heterocycles. The van der Waals surface area contributed by atoms with E-state index in [0.717, 1.165) is 19.5 Å². The van der Waals surface area contributed by atoms with Crippen molar-refractivity contribution in [2.24, 2.45) is 0 Å². The molecular formula is C13H16BrN3O3. The number of rotatable bonds is 3. The molecule has 1 aromatic carbocycles. The van der Waals surface area contributed by atoms with Crippen molar-refractivity contribution in [1.29, 1.82) is 0 Å². The maximum Gasteiger partial charge on any atom is 0.337 e. The van der Waals surface area contributed by atoms with Gasteiger partial charge in [0.1, 0.15) is 0 Å². The molecule has 0 aromatic heterocycles. The first-order valence-electron chi connectivity index (χ1n) is 6.25. The number of nitrogens with one attached hydrogen (secondary N) is 2. The van der Waals surface area contributed by atoms with Gasteiger partial charge in [0.05, 0.1) is 11.3 Å². The van der Waals surface area contributed by atoms with Crippen molar-refractivity contribution in [3.05, 3.63) is 28.2 Å². The van der Waals surface area contributed by atoms with E-state index < -0.39 is 5.97 Å². The molecule has 0 aliphatic carbocycles. The molecule has 108 valence electrons. The highest BCUT2D eigenvalue weighted by Gasteiger charge is 2.22. The highest BCUT2D eigenvalue weighted by atomic mass is 79.9. The van der Waals surface area contributed by atoms with E-state index in [-0.39, 0.29) is 23.3 Å². The van der Waals surface area contributed by atoms with Crippen LogP contribution in [0.4, 0.5) is 10.5 Å². The number of urea groups is 1. The third-order valence-corrected chi connectivity index (χ3v) is 3.87. The zero-order valence-electron chi connectivity index (χ0n) is 11.0. The number of nitrogens with zero attached hydrogens (tertiary/aromatic N) is 1. The molecule has 0 saturated carbocycles. The summed E-state index contributed by atoms with van der Waals surface area (Å²) in [5.41, 5.74) is 0.321. The monoisotopic (exact) mass is 341 g/mol. The van der Waals surface area contributed by atoms with E-state index in [1.165, 1.54) is 6.07 Å². The molecule has 20 heavy (non-hydrogen) atoms. The number of carboxylic acids is 1. The van der Waals surface area contributed by atoms with Crippen LogP contribution in [0.25, 0.3) is 0 Å². The van der Waals surface area contributed by atoms with Gasteiger partial charge in [-0.1, -0.05) is 6.07 Å². The first-order chi connectivity index (χ1) is 9.47. The minimum Gasteiger partial charge on any atom is -0.478 e. The van der Waals surface area contributed by atoms with Gasteiger partial charge in [0, 0.05) is 17.1 Å². The van der Waals surface area contributed by atoms with Gasteiger partial charge in [-0.3, -0.25) is 0 Å². The second-order valence-electron chi connectivity index (χ2n) is 4.81. The standard InChI is InChI=1S/C13H16BrN3O3/c1-17-6-5-8(7-17)15-13(20)16-11-9(12(18)19)3-2-4-10(11)14/h2-4,8H,5-7H2,1H3,(H,18,19)(H2,15,16,20). The Labute approximate surface area is 125 Å². The number of likely N-dealkylation sites (tertiary alicyclic amines) is 1. The molecular weight excluding hydrogens is 326 g/mol. The summed E-state index contributed by atoms with van der Waals surface area (Å²) in [5, 5.41) is 14.6. The number of hydrogen-bond donors (Lipinski definition) is 3. The molecule has 1 aromatic rings. The molecule has 3 N–H and O–H groups in total. The van der Waals surface area contributed by atoms with Gasteiger partial charge in [0.25, 0.3) is 0 Å². The first-order valence-corrected chi connectivity index (χ1v) is 7.04. The van der Waals surface area contributed by atoms with Gasteiger partial charge in [-0.05, 0) is 48.1 Å². The van der Waals surface area contributed by atoms with Crippen LogP contribution in [0, 0.1) is 0 Å². The Kier molecular flexibility index (Phi) is 4.61. The van der Waals surface area contributed by atoms with Gasteiger partial charge in [-0.2, -0.15) is 0 Å². The third kappa shape index (κ3) is 3.49. The molecule has 7 heteroatoms. The van der Waals surface area contributed by atoms with E-state index in [0.29, 0.717) is 4.47 Å². The van der Waals surface area contributed by atoms with Crippen LogP contribution in [0.1, 0.15) is 16.8 Å². The summed E-state index contributed by atoms with van der Waals surface area (Å²) in [6.07, 6.45) is 0.895. The fraction of sp³-hybridized carbons (Fsp3) is 0.385. The van der Waals surface area contributed by atoms with Gasteiger partial charge >= 0.3 is 12.0 Å². The van der Waals surface area contributed by atoms with Gasteiger partial charge in [-0.15, -0.1) is 0 Å². The van der Waals surface area contributed by atoms with E-state index in [4.69, 9.17) is 5.11 Å². The lowest BCUT2D eigenvalue weighted by Gasteiger charge is -2.15. The Morgan fingerprint density at radius 1 is 1.45 bits per heavy atom. The Morgan fingerprint density at radius 3 is 2.80 bits per heavy atom. The van der Waals surface area contributed by atoms with Crippen molar-refractivity contribution in [2.45, 2.75) is 12.5 Å². The average molecular weight is 342 g/mol. The molecule has 1 unspecified atom stereocenters. The summed E-state index contributed by atoms with van der Waals surface area (Å²) >= 11 is 3.25. The molecule has 6 nitrogen and oxygen atoms in total. The van der Waals surface area contributed by atoms with Crippen LogP contribution in [0.2, 0.25) is 0 Å². The van der Waals surface area contributed by atoms with Crippen molar-refractivity contribution in [2.75, 3.05) is 25.5 Å². The summed E-state index contributed by atoms with van der Waals surface area (Å²) in [6.45, 7) is 1.75. The fourth-order valence-electron chi connectivity index (χ4n) is 2.22. The van der Waals surface area contributed by atoms with Crippen molar-refractivity contribution < 1.29 is 14.7 Å². The minimum atomic E-state index is -1.08. The summed E-state index contributed by atoms with van der Waals surface area (Å²) < 4.78 is 0.538. The van der Waals surface area contributed by atoms with Crippen molar-refractivity contribution in [1.82, 2.24) is 10.2 Å². The Morgan fingerprint density at radius 2 is 2.20 bits per heavy atom. The lowest BCUT2D eigenvalue weighted by atomic mass is 10.2. The highest BCUT2D eigenvalue weighted by Crippen LogP contribution is 2.26. The van der Waals surface area contributed by atoms with E-state index in [2.05, 4.69) is 31.5 Å². The Hall–Kier alpha value is -1.60. The van der Waals surface area contributed by atoms with Crippen molar-refractivity contribution in [3.63, 3.8) is 0 Å². The number of likely N-dealkylation sites (N-methyl/N-ethyl adjacent to an activating group) is 1. The number of benzene rings is 1. The maximum atomic E-state index is 11.9. The maximum absolute atomic E-state index is 11.9. The van der Waals surface area contributed by atoms with Crippen LogP contribution >= 0.6 is 15.9 Å². The first kappa shape index (κ1) is 14.8. The van der Waals surface area contributed by atoms with E-state index in [9.17, 15) is 9.59 Å². The lowest BCUT2D eigenvalue weighted by Crippen LogP contribution is -2.39. The smallest absolute Gasteiger partial charge is 0.337 e. The fourth-order valence-corrected chi connectivity index (χ4v) is 2.68. The van der Waals surface area contributed by atoms with Crippen LogP contribution in [0.5, 0.6) is 0 Å². The molecule has 1 fully saturated rings. The molecule has 2 rings (SSSR count). The quantitative estimate of drug-likeness (QED) is 0.785. The number of para-hydroxylation sites is 1. The molecule has 0 radical (unpaired) electrons. The van der Waals surface area contributed by atoms with Crippen LogP contribution in [0.3, 0.4) is 0 Å². The number of hydrogen-bond acceptors (Lipinski definition) is 3. The number of carbonyl (C=O) groups is 2. The van der Waals surface area contributed by atoms with Crippen molar-refractivity contribution in [3.8, 4) is 0 Å². The minimum absolute atomic E-state index is 0.0538. The van der Waals surface area contributed by atoms with Crippen LogP contribution < -0.4 is 10.6 Å². The Bertz CT molecular complexity index is 536. The largest absolute Gasteiger partial charge is 0.478 e. The van der Waals surface area contributed by atoms with E-state index in [1.54, 1.807) is 12.1 Å². The third-order valence-electron chi connectivity index (χ3n) is 3.21. The summed E-state index contributed by atoms with van der Waals surface area (Å²) in [4.78, 5) is 25.2. The Balaban J connectivity index is 2.06.